The van der Waals surface area contributed by atoms with E-state index in [-0.39, 0.29) is 11.7 Å². The molecule has 0 saturated carbocycles. The average molecular weight is 427 g/mol. The van der Waals surface area contributed by atoms with E-state index in [1.54, 1.807) is 0 Å². The van der Waals surface area contributed by atoms with Crippen LogP contribution < -0.4 is 0 Å². The van der Waals surface area contributed by atoms with Crippen molar-refractivity contribution in [2.45, 2.75) is 25.7 Å². The van der Waals surface area contributed by atoms with Gasteiger partial charge >= 0.3 is 0 Å². The second-order valence-corrected chi connectivity index (χ2v) is 9.10. The largest absolute Gasteiger partial charge is 0.410 e. The Labute approximate surface area is 185 Å². The molecule has 5 heteroatoms. The number of aliphatic imine (C=N–C) groups is 1. The smallest absolute Gasteiger partial charge is 0.176 e. The Hall–Kier alpha value is -3.18. The molecule has 3 aromatic carbocycles. The maximum absolute atomic E-state index is 14.1. The first-order valence-electron chi connectivity index (χ1n) is 10.4. The van der Waals surface area contributed by atoms with Crippen LogP contribution in [0.2, 0.25) is 0 Å². The fourth-order valence-electron chi connectivity index (χ4n) is 4.72. The molecule has 0 unspecified atom stereocenters. The number of rotatable bonds is 2. The summed E-state index contributed by atoms with van der Waals surface area (Å²) in [6, 6.07) is 25.6. The number of ketones is 1. The molecule has 31 heavy (non-hydrogen) atoms. The van der Waals surface area contributed by atoms with Crippen molar-refractivity contribution in [2.75, 3.05) is 0 Å². The number of hydrogen-bond donors (Lipinski definition) is 1. The monoisotopic (exact) mass is 426 g/mol. The van der Waals surface area contributed by atoms with Gasteiger partial charge in [-0.15, -0.1) is 0 Å². The summed E-state index contributed by atoms with van der Waals surface area (Å²) >= 11 is 1.33. The number of fused-ring (bicyclic) bond motifs is 1. The van der Waals surface area contributed by atoms with Crippen LogP contribution in [0.4, 0.5) is 5.69 Å². The first-order chi connectivity index (χ1) is 15.1. The van der Waals surface area contributed by atoms with Gasteiger partial charge in [0, 0.05) is 5.56 Å². The summed E-state index contributed by atoms with van der Waals surface area (Å²) in [4.78, 5) is 19.1. The number of thioether (sulfide) groups is 1. The molecule has 2 aliphatic rings. The second-order valence-electron chi connectivity index (χ2n) is 8.09. The predicted octanol–water partition coefficient (Wildman–Crippen LogP) is 6.16. The second kappa shape index (κ2) is 7.82. The molecule has 1 saturated heterocycles. The maximum Gasteiger partial charge on any atom is 0.176 e. The van der Waals surface area contributed by atoms with Crippen LogP contribution in [0.3, 0.4) is 0 Å². The maximum atomic E-state index is 14.1. The van der Waals surface area contributed by atoms with Crippen molar-refractivity contribution in [3.63, 3.8) is 0 Å². The van der Waals surface area contributed by atoms with Crippen LogP contribution in [-0.2, 0) is 6.42 Å². The van der Waals surface area contributed by atoms with Gasteiger partial charge in [0.25, 0.3) is 0 Å². The molecular weight excluding hydrogens is 404 g/mol. The van der Waals surface area contributed by atoms with Crippen molar-refractivity contribution >= 4 is 33.3 Å². The summed E-state index contributed by atoms with van der Waals surface area (Å²) in [6.45, 7) is 2.03. The van der Waals surface area contributed by atoms with Crippen LogP contribution in [0.5, 0.6) is 0 Å². The molecule has 1 heterocycles. The number of aryl methyl sites for hydroxylation is 2. The molecule has 4 nitrogen and oxygen atoms in total. The zero-order valence-electron chi connectivity index (χ0n) is 17.2. The molecule has 1 N–H and O–H groups in total. The SMILES string of the molecule is Cc1ccc(N=C2S/C(=N\O)[C@@H](c3ccccc3)[C@]23CCc2ccccc2C3=O)cc1. The molecule has 1 fully saturated rings. The lowest BCUT2D eigenvalue weighted by atomic mass is 9.62. The molecule has 1 aliphatic heterocycles. The number of nitrogens with zero attached hydrogens (tertiary/aromatic N) is 2. The van der Waals surface area contributed by atoms with E-state index in [1.807, 2.05) is 85.8 Å². The van der Waals surface area contributed by atoms with Crippen LogP contribution in [0.1, 0.15) is 39.4 Å². The molecule has 0 aromatic heterocycles. The Morgan fingerprint density at radius 2 is 1.68 bits per heavy atom. The molecule has 3 aromatic rings. The van der Waals surface area contributed by atoms with Gasteiger partial charge in [0.05, 0.1) is 22.1 Å². The van der Waals surface area contributed by atoms with Gasteiger partial charge in [-0.25, -0.2) is 4.99 Å². The van der Waals surface area contributed by atoms with Crippen LogP contribution in [0.15, 0.2) is 89.0 Å². The number of oxime groups is 1. The van der Waals surface area contributed by atoms with Crippen LogP contribution in [0, 0.1) is 12.3 Å². The van der Waals surface area contributed by atoms with Crippen LogP contribution >= 0.6 is 11.8 Å². The van der Waals surface area contributed by atoms with E-state index < -0.39 is 5.41 Å². The number of carbonyl (C=O) groups is 1. The van der Waals surface area contributed by atoms with Gasteiger partial charge in [-0.05, 0) is 43.0 Å². The molecule has 0 amide bonds. The van der Waals surface area contributed by atoms with E-state index in [4.69, 9.17) is 4.99 Å². The molecular formula is C26H22N2O2S. The lowest BCUT2D eigenvalue weighted by Gasteiger charge is -2.37. The minimum absolute atomic E-state index is 0.0558. The lowest BCUT2D eigenvalue weighted by Crippen LogP contribution is -2.44. The highest BCUT2D eigenvalue weighted by atomic mass is 32.2. The number of benzene rings is 3. The molecule has 2 atom stereocenters. The standard InChI is InChI=1S/C26H22N2O2S/c1-17-11-13-20(14-12-17)27-25-26(16-15-18-7-5-6-10-21(18)23(26)29)22(24(28-30)31-25)19-8-3-2-4-9-19/h2-14,22,30H,15-16H2,1H3/b27-25?,28-24-/t22-,26+/m1/s1. The Morgan fingerprint density at radius 3 is 2.42 bits per heavy atom. The topological polar surface area (TPSA) is 62.0 Å². The van der Waals surface area contributed by atoms with Gasteiger partial charge in [0.2, 0.25) is 0 Å². The molecule has 0 radical (unpaired) electrons. The minimum atomic E-state index is -0.882. The molecule has 1 aliphatic carbocycles. The van der Waals surface area contributed by atoms with Crippen molar-refractivity contribution in [3.8, 4) is 0 Å². The Morgan fingerprint density at radius 1 is 0.968 bits per heavy atom. The summed E-state index contributed by atoms with van der Waals surface area (Å²) in [6.07, 6.45) is 1.40. The van der Waals surface area contributed by atoms with Gasteiger partial charge in [-0.1, -0.05) is 89.2 Å². The highest BCUT2D eigenvalue weighted by molar-refractivity contribution is 8.27. The van der Waals surface area contributed by atoms with Crippen molar-refractivity contribution in [2.24, 2.45) is 15.6 Å². The molecule has 5 rings (SSSR count). The van der Waals surface area contributed by atoms with E-state index in [2.05, 4.69) is 5.16 Å². The van der Waals surface area contributed by atoms with Crippen LogP contribution in [0.25, 0.3) is 0 Å². The van der Waals surface area contributed by atoms with E-state index in [0.29, 0.717) is 16.5 Å². The lowest BCUT2D eigenvalue weighted by molar-refractivity contribution is 0.0843. The summed E-state index contributed by atoms with van der Waals surface area (Å²) in [5, 5.41) is 14.8. The third-order valence-corrected chi connectivity index (χ3v) is 7.45. The van der Waals surface area contributed by atoms with E-state index >= 15 is 0 Å². The third-order valence-electron chi connectivity index (χ3n) is 6.27. The number of carbonyl (C=O) groups excluding carboxylic acids is 1. The molecule has 1 spiro atoms. The highest BCUT2D eigenvalue weighted by Crippen LogP contribution is 2.57. The Kier molecular flexibility index (Phi) is 4.98. The minimum Gasteiger partial charge on any atom is -0.410 e. The first kappa shape index (κ1) is 19.8. The van der Waals surface area contributed by atoms with Gasteiger partial charge < -0.3 is 5.21 Å². The van der Waals surface area contributed by atoms with Crippen molar-refractivity contribution in [1.29, 1.82) is 0 Å². The van der Waals surface area contributed by atoms with Gasteiger partial charge in [0.15, 0.2) is 5.78 Å². The summed E-state index contributed by atoms with van der Waals surface area (Å²) in [5.41, 5.74) is 3.84. The summed E-state index contributed by atoms with van der Waals surface area (Å²) < 4.78 is 0. The van der Waals surface area contributed by atoms with Gasteiger partial charge in [-0.2, -0.15) is 0 Å². The quantitative estimate of drug-likeness (QED) is 0.394. The zero-order valence-corrected chi connectivity index (χ0v) is 18.0. The predicted molar refractivity (Wildman–Crippen MR) is 126 cm³/mol. The highest BCUT2D eigenvalue weighted by Gasteiger charge is 2.59. The first-order valence-corrected chi connectivity index (χ1v) is 11.2. The zero-order chi connectivity index (χ0) is 21.4. The van der Waals surface area contributed by atoms with Crippen molar-refractivity contribution in [1.82, 2.24) is 0 Å². The Balaban J connectivity index is 1.74. The molecule has 154 valence electrons. The third kappa shape index (κ3) is 3.20. The van der Waals surface area contributed by atoms with Crippen LogP contribution in [-0.4, -0.2) is 21.1 Å². The average Bonchev–Trinajstić information content (AvgIpc) is 3.12. The Bertz CT molecular complexity index is 1200. The van der Waals surface area contributed by atoms with Gasteiger partial charge in [0.1, 0.15) is 5.04 Å². The fraction of sp³-hybridized carbons (Fsp3) is 0.192. The molecule has 0 bridgehead atoms. The summed E-state index contributed by atoms with van der Waals surface area (Å²) in [7, 11) is 0. The number of Topliss-reactive ketones (excluding diaryl/α,β-unsaturated/α-hetero) is 1. The van der Waals surface area contributed by atoms with Crippen molar-refractivity contribution < 1.29 is 10.0 Å². The fourth-order valence-corrected chi connectivity index (χ4v) is 6.06. The van der Waals surface area contributed by atoms with Gasteiger partial charge in [-0.3, -0.25) is 4.79 Å². The number of hydrogen-bond acceptors (Lipinski definition) is 5. The normalized spacial score (nSPS) is 25.3. The van der Waals surface area contributed by atoms with E-state index in [1.165, 1.54) is 11.8 Å². The summed E-state index contributed by atoms with van der Waals surface area (Å²) in [5.74, 6) is -0.311. The van der Waals surface area contributed by atoms with Crippen molar-refractivity contribution in [3.05, 3.63) is 101 Å². The van der Waals surface area contributed by atoms with E-state index in [9.17, 15) is 10.0 Å². The van der Waals surface area contributed by atoms with E-state index in [0.717, 1.165) is 34.4 Å².